The molecule has 0 atom stereocenters. The fraction of sp³-hybridized carbons (Fsp3) is 0.500. The number of nitrogens with one attached hydrogen (secondary N) is 1. The first-order valence-electron chi connectivity index (χ1n) is 8.23. The molecular weight excluding hydrogens is 290 g/mol. The van der Waals surface area contributed by atoms with E-state index in [0.717, 1.165) is 25.7 Å². The van der Waals surface area contributed by atoms with Crippen LogP contribution in [0.5, 0.6) is 0 Å². The number of carbonyl (C=O) groups is 2. The van der Waals surface area contributed by atoms with Crippen LogP contribution >= 0.6 is 0 Å². The Kier molecular flexibility index (Phi) is 6.16. The van der Waals surface area contributed by atoms with Gasteiger partial charge in [0.05, 0.1) is 11.6 Å². The fourth-order valence-corrected chi connectivity index (χ4v) is 2.77. The molecule has 5 heteroatoms. The van der Waals surface area contributed by atoms with Crippen LogP contribution in [-0.2, 0) is 4.79 Å². The highest BCUT2D eigenvalue weighted by molar-refractivity contribution is 5.94. The van der Waals surface area contributed by atoms with Gasteiger partial charge in [0.1, 0.15) is 0 Å². The molecule has 0 aromatic heterocycles. The normalized spacial score (nSPS) is 15.0. The second kappa shape index (κ2) is 8.33. The molecule has 0 unspecified atom stereocenters. The van der Waals surface area contributed by atoms with E-state index in [-0.39, 0.29) is 17.9 Å². The lowest BCUT2D eigenvalue weighted by molar-refractivity contribution is -0.122. The second-order valence-electron chi connectivity index (χ2n) is 5.93. The lowest BCUT2D eigenvalue weighted by atomic mass is 10.0. The first-order valence-corrected chi connectivity index (χ1v) is 8.23. The van der Waals surface area contributed by atoms with E-state index in [2.05, 4.69) is 18.3 Å². The van der Waals surface area contributed by atoms with Crippen LogP contribution in [0.4, 0.5) is 0 Å². The Morgan fingerprint density at radius 2 is 2.09 bits per heavy atom. The molecule has 1 N–H and O–H groups in total. The third-order valence-electron chi connectivity index (χ3n) is 4.14. The van der Waals surface area contributed by atoms with Crippen molar-refractivity contribution in [1.82, 2.24) is 10.2 Å². The van der Waals surface area contributed by atoms with E-state index in [0.29, 0.717) is 30.6 Å². The van der Waals surface area contributed by atoms with Crippen LogP contribution in [0.1, 0.15) is 54.9 Å². The lowest BCUT2D eigenvalue weighted by Crippen LogP contribution is -2.46. The van der Waals surface area contributed by atoms with Gasteiger partial charge in [-0.05, 0) is 37.5 Å². The summed E-state index contributed by atoms with van der Waals surface area (Å²) in [5, 5.41) is 12.0. The molecule has 23 heavy (non-hydrogen) atoms. The zero-order valence-corrected chi connectivity index (χ0v) is 13.5. The Morgan fingerprint density at radius 3 is 2.74 bits per heavy atom. The van der Waals surface area contributed by atoms with Crippen molar-refractivity contribution in [1.29, 1.82) is 5.26 Å². The van der Waals surface area contributed by atoms with Gasteiger partial charge >= 0.3 is 0 Å². The topological polar surface area (TPSA) is 73.2 Å². The standard InChI is InChI=1S/C18H23N3O2/c1-2-3-7-17(22)20-16-8-10-21(11-9-16)18(23)15-6-4-5-14(12-15)13-19/h4-6,12,16H,2-3,7-11H2,1H3,(H,20,22). The molecule has 1 saturated heterocycles. The Morgan fingerprint density at radius 1 is 1.35 bits per heavy atom. The number of likely N-dealkylation sites (tertiary alicyclic amines) is 1. The number of amides is 2. The summed E-state index contributed by atoms with van der Waals surface area (Å²) < 4.78 is 0. The summed E-state index contributed by atoms with van der Waals surface area (Å²) in [6, 6.07) is 9.00. The molecule has 5 nitrogen and oxygen atoms in total. The Balaban J connectivity index is 1.85. The number of nitriles is 1. The number of benzene rings is 1. The van der Waals surface area contributed by atoms with Gasteiger partial charge in [-0.1, -0.05) is 19.4 Å². The average molecular weight is 313 g/mol. The molecule has 2 rings (SSSR count). The molecule has 122 valence electrons. The van der Waals surface area contributed by atoms with Crippen LogP contribution in [0.2, 0.25) is 0 Å². The largest absolute Gasteiger partial charge is 0.353 e. The molecule has 1 aliphatic rings. The maximum atomic E-state index is 12.5. The zero-order valence-electron chi connectivity index (χ0n) is 13.5. The van der Waals surface area contributed by atoms with Crippen LogP contribution in [0, 0.1) is 11.3 Å². The van der Waals surface area contributed by atoms with E-state index in [1.807, 2.05) is 0 Å². The van der Waals surface area contributed by atoms with Gasteiger partial charge in [-0.15, -0.1) is 0 Å². The van der Waals surface area contributed by atoms with E-state index < -0.39 is 0 Å². The molecular formula is C18H23N3O2. The van der Waals surface area contributed by atoms with E-state index >= 15 is 0 Å². The van der Waals surface area contributed by atoms with Crippen LogP contribution in [0.3, 0.4) is 0 Å². The van der Waals surface area contributed by atoms with Gasteiger partial charge in [0.2, 0.25) is 5.91 Å². The first kappa shape index (κ1) is 17.0. The summed E-state index contributed by atoms with van der Waals surface area (Å²) in [5.41, 5.74) is 1.04. The summed E-state index contributed by atoms with van der Waals surface area (Å²) in [6.45, 7) is 3.33. The van der Waals surface area contributed by atoms with E-state index in [1.54, 1.807) is 29.2 Å². The van der Waals surface area contributed by atoms with Gasteiger partial charge in [0, 0.05) is 31.1 Å². The molecule has 0 spiro atoms. The number of rotatable bonds is 5. The van der Waals surface area contributed by atoms with E-state index in [4.69, 9.17) is 5.26 Å². The molecule has 1 fully saturated rings. The summed E-state index contributed by atoms with van der Waals surface area (Å²) in [4.78, 5) is 26.0. The van der Waals surface area contributed by atoms with Crippen molar-refractivity contribution in [2.24, 2.45) is 0 Å². The number of unbranched alkanes of at least 4 members (excludes halogenated alkanes) is 1. The molecule has 0 saturated carbocycles. The van der Waals surface area contributed by atoms with Crippen molar-refractivity contribution in [3.05, 3.63) is 35.4 Å². The lowest BCUT2D eigenvalue weighted by Gasteiger charge is -2.32. The van der Waals surface area contributed by atoms with E-state index in [1.165, 1.54) is 0 Å². The SMILES string of the molecule is CCCCC(=O)NC1CCN(C(=O)c2cccc(C#N)c2)CC1. The fourth-order valence-electron chi connectivity index (χ4n) is 2.77. The quantitative estimate of drug-likeness (QED) is 0.907. The van der Waals surface area contributed by atoms with Crippen LogP contribution in [0.25, 0.3) is 0 Å². The van der Waals surface area contributed by atoms with Crippen LogP contribution in [0.15, 0.2) is 24.3 Å². The average Bonchev–Trinajstić information content (AvgIpc) is 2.60. The van der Waals surface area contributed by atoms with Crippen molar-refractivity contribution in [3.8, 4) is 6.07 Å². The minimum Gasteiger partial charge on any atom is -0.353 e. The van der Waals surface area contributed by atoms with Crippen molar-refractivity contribution in [2.45, 2.75) is 45.1 Å². The predicted octanol–water partition coefficient (Wildman–Crippen LogP) is 2.47. The summed E-state index contributed by atoms with van der Waals surface area (Å²) >= 11 is 0. The maximum absolute atomic E-state index is 12.5. The molecule has 2 amide bonds. The predicted molar refractivity (Wildman–Crippen MR) is 87.8 cm³/mol. The smallest absolute Gasteiger partial charge is 0.253 e. The molecule has 0 aliphatic carbocycles. The minimum absolute atomic E-state index is 0.0436. The van der Waals surface area contributed by atoms with Gasteiger partial charge in [-0.25, -0.2) is 0 Å². The number of piperidine rings is 1. The minimum atomic E-state index is -0.0436. The molecule has 0 bridgehead atoms. The number of hydrogen-bond donors (Lipinski definition) is 1. The van der Waals surface area contributed by atoms with Crippen molar-refractivity contribution < 1.29 is 9.59 Å². The van der Waals surface area contributed by atoms with Crippen molar-refractivity contribution in [2.75, 3.05) is 13.1 Å². The van der Waals surface area contributed by atoms with Crippen molar-refractivity contribution >= 4 is 11.8 Å². The third-order valence-corrected chi connectivity index (χ3v) is 4.14. The highest BCUT2D eigenvalue weighted by Crippen LogP contribution is 2.15. The molecule has 1 heterocycles. The molecule has 1 aromatic carbocycles. The monoisotopic (exact) mass is 313 g/mol. The highest BCUT2D eigenvalue weighted by Gasteiger charge is 2.24. The van der Waals surface area contributed by atoms with Gasteiger partial charge in [-0.2, -0.15) is 5.26 Å². The molecule has 1 aromatic rings. The van der Waals surface area contributed by atoms with Crippen LogP contribution in [-0.4, -0.2) is 35.8 Å². The second-order valence-corrected chi connectivity index (χ2v) is 5.93. The number of nitrogens with zero attached hydrogens (tertiary/aromatic N) is 2. The first-order chi connectivity index (χ1) is 11.1. The third kappa shape index (κ3) is 4.82. The number of carbonyl (C=O) groups excluding carboxylic acids is 2. The number of hydrogen-bond acceptors (Lipinski definition) is 3. The van der Waals surface area contributed by atoms with Gasteiger partial charge < -0.3 is 10.2 Å². The van der Waals surface area contributed by atoms with Gasteiger partial charge in [0.25, 0.3) is 5.91 Å². The van der Waals surface area contributed by atoms with E-state index in [9.17, 15) is 9.59 Å². The Labute approximate surface area is 137 Å². The summed E-state index contributed by atoms with van der Waals surface area (Å²) in [7, 11) is 0. The van der Waals surface area contributed by atoms with Crippen LogP contribution < -0.4 is 5.32 Å². The van der Waals surface area contributed by atoms with Gasteiger partial charge in [0.15, 0.2) is 0 Å². The van der Waals surface area contributed by atoms with Crippen molar-refractivity contribution in [3.63, 3.8) is 0 Å². The maximum Gasteiger partial charge on any atom is 0.253 e. The molecule has 1 aliphatic heterocycles. The molecule has 0 radical (unpaired) electrons. The Bertz CT molecular complexity index is 599. The zero-order chi connectivity index (χ0) is 16.7. The summed E-state index contributed by atoms with van der Waals surface area (Å²) in [6.07, 6.45) is 4.07. The Hall–Kier alpha value is -2.35. The highest BCUT2D eigenvalue weighted by atomic mass is 16.2. The summed E-state index contributed by atoms with van der Waals surface area (Å²) in [5.74, 6) is 0.0659. The van der Waals surface area contributed by atoms with Gasteiger partial charge in [-0.3, -0.25) is 9.59 Å².